The van der Waals surface area contributed by atoms with Crippen molar-refractivity contribution in [2.75, 3.05) is 34.5 Å². The summed E-state index contributed by atoms with van der Waals surface area (Å²) in [4.78, 5) is 23.7. The summed E-state index contributed by atoms with van der Waals surface area (Å²) < 4.78 is 55.5. The Kier molecular flexibility index (Phi) is 8.86. The van der Waals surface area contributed by atoms with Gasteiger partial charge in [0.1, 0.15) is 6.61 Å². The Hall–Kier alpha value is -2.49. The lowest BCUT2D eigenvalue weighted by Gasteiger charge is -2.20. The monoisotopic (exact) mass is 393 g/mol. The molecule has 0 bridgehead atoms. The van der Waals surface area contributed by atoms with Crippen LogP contribution < -0.4 is 14.8 Å². The predicted molar refractivity (Wildman–Crippen MR) is 88.6 cm³/mol. The smallest absolute Gasteiger partial charge is 0.411 e. The molecule has 1 amide bonds. The highest BCUT2D eigenvalue weighted by molar-refractivity contribution is 5.78. The molecule has 0 heterocycles. The zero-order valence-corrected chi connectivity index (χ0v) is 15.2. The van der Waals surface area contributed by atoms with Gasteiger partial charge in [0.15, 0.2) is 11.5 Å². The summed E-state index contributed by atoms with van der Waals surface area (Å²) in [6.07, 6.45) is -4.91. The Labute approximate surface area is 154 Å². The highest BCUT2D eigenvalue weighted by Crippen LogP contribution is 2.31. The number of amides is 1. The minimum atomic E-state index is -4.45. The van der Waals surface area contributed by atoms with E-state index in [1.54, 1.807) is 18.2 Å². The summed E-state index contributed by atoms with van der Waals surface area (Å²) in [6, 6.07) is 4.08. The number of alkyl halides is 3. The lowest BCUT2D eigenvalue weighted by Crippen LogP contribution is -2.31. The summed E-state index contributed by atoms with van der Waals surface area (Å²) in [5.74, 6) is -0.276. The molecule has 0 aliphatic rings. The van der Waals surface area contributed by atoms with Crippen molar-refractivity contribution in [2.45, 2.75) is 25.1 Å². The van der Waals surface area contributed by atoms with E-state index in [1.807, 2.05) is 0 Å². The van der Waals surface area contributed by atoms with Crippen molar-refractivity contribution in [3.05, 3.63) is 23.8 Å². The Morgan fingerprint density at radius 2 is 1.78 bits per heavy atom. The summed E-state index contributed by atoms with van der Waals surface area (Å²) >= 11 is 0. The molecule has 0 radical (unpaired) electrons. The largest absolute Gasteiger partial charge is 0.493 e. The van der Waals surface area contributed by atoms with Crippen molar-refractivity contribution in [2.24, 2.45) is 0 Å². The van der Waals surface area contributed by atoms with Crippen LogP contribution in [-0.4, -0.2) is 52.6 Å². The second-order valence-electron chi connectivity index (χ2n) is 5.43. The fraction of sp³-hybridized carbons (Fsp3) is 0.529. The standard InChI is InChI=1S/C17H22F3NO6/c1-24-13-5-4-11(8-14(13)25-2)12(9-16(23)26-3)21-15(22)6-7-27-10-17(18,19)20/h4-5,8,12H,6-7,9-10H2,1-3H3,(H,21,22). The number of carbonyl (C=O) groups is 2. The van der Waals surface area contributed by atoms with Gasteiger partial charge in [0.05, 0.1) is 40.4 Å². The molecular formula is C17H22F3NO6. The number of carbonyl (C=O) groups excluding carboxylic acids is 2. The van der Waals surface area contributed by atoms with Gasteiger partial charge in [-0.2, -0.15) is 13.2 Å². The molecule has 27 heavy (non-hydrogen) atoms. The molecule has 0 spiro atoms. The van der Waals surface area contributed by atoms with E-state index in [2.05, 4.69) is 14.8 Å². The normalized spacial score (nSPS) is 12.2. The topological polar surface area (TPSA) is 83.1 Å². The first-order valence-electron chi connectivity index (χ1n) is 7.92. The van der Waals surface area contributed by atoms with Gasteiger partial charge >= 0.3 is 12.1 Å². The number of hydrogen-bond acceptors (Lipinski definition) is 6. The molecule has 1 aromatic carbocycles. The molecule has 1 unspecified atom stereocenters. The third-order valence-corrected chi connectivity index (χ3v) is 3.48. The molecule has 0 saturated carbocycles. The molecular weight excluding hydrogens is 371 g/mol. The Balaban J connectivity index is 2.80. The highest BCUT2D eigenvalue weighted by atomic mass is 19.4. The van der Waals surface area contributed by atoms with Gasteiger partial charge in [-0.05, 0) is 17.7 Å². The number of ether oxygens (including phenoxy) is 4. The molecule has 1 aromatic rings. The van der Waals surface area contributed by atoms with Gasteiger partial charge in [-0.3, -0.25) is 9.59 Å². The van der Waals surface area contributed by atoms with Crippen molar-refractivity contribution in [3.63, 3.8) is 0 Å². The Morgan fingerprint density at radius 1 is 1.11 bits per heavy atom. The quantitative estimate of drug-likeness (QED) is 0.486. The molecule has 1 rings (SSSR count). The number of hydrogen-bond donors (Lipinski definition) is 1. The molecule has 10 heteroatoms. The molecule has 0 aromatic heterocycles. The summed E-state index contributed by atoms with van der Waals surface area (Å²) in [6.45, 7) is -1.83. The molecule has 1 N–H and O–H groups in total. The zero-order chi connectivity index (χ0) is 20.4. The predicted octanol–water partition coefficient (Wildman–Crippen LogP) is 2.39. The van der Waals surface area contributed by atoms with Crippen molar-refractivity contribution in [3.8, 4) is 11.5 Å². The van der Waals surface area contributed by atoms with E-state index in [0.717, 1.165) is 0 Å². The lowest BCUT2D eigenvalue weighted by molar-refractivity contribution is -0.174. The third-order valence-electron chi connectivity index (χ3n) is 3.48. The van der Waals surface area contributed by atoms with E-state index in [-0.39, 0.29) is 12.8 Å². The van der Waals surface area contributed by atoms with Gasteiger partial charge in [-0.1, -0.05) is 6.07 Å². The van der Waals surface area contributed by atoms with Crippen LogP contribution in [0.25, 0.3) is 0 Å². The van der Waals surface area contributed by atoms with E-state index in [0.29, 0.717) is 17.1 Å². The van der Waals surface area contributed by atoms with Crippen molar-refractivity contribution < 1.29 is 41.7 Å². The van der Waals surface area contributed by atoms with Crippen molar-refractivity contribution >= 4 is 11.9 Å². The van der Waals surface area contributed by atoms with Crippen LogP contribution in [0.3, 0.4) is 0 Å². The fourth-order valence-electron chi connectivity index (χ4n) is 2.19. The lowest BCUT2D eigenvalue weighted by atomic mass is 10.0. The zero-order valence-electron chi connectivity index (χ0n) is 15.2. The number of nitrogens with one attached hydrogen (secondary N) is 1. The first-order valence-corrected chi connectivity index (χ1v) is 7.92. The van der Waals surface area contributed by atoms with Crippen LogP contribution in [0.4, 0.5) is 13.2 Å². The molecule has 0 aliphatic carbocycles. The van der Waals surface area contributed by atoms with E-state index < -0.39 is 37.3 Å². The maximum Gasteiger partial charge on any atom is 0.411 e. The first kappa shape index (κ1) is 22.6. The molecule has 152 valence electrons. The van der Waals surface area contributed by atoms with Crippen molar-refractivity contribution in [1.82, 2.24) is 5.32 Å². The third kappa shape index (κ3) is 8.16. The Bertz CT molecular complexity index is 636. The van der Waals surface area contributed by atoms with Crippen LogP contribution in [-0.2, 0) is 19.1 Å². The maximum atomic E-state index is 12.0. The van der Waals surface area contributed by atoms with E-state index >= 15 is 0 Å². The number of rotatable bonds is 10. The SMILES string of the molecule is COC(=O)CC(NC(=O)CCOCC(F)(F)F)c1ccc(OC)c(OC)c1. The van der Waals surface area contributed by atoms with E-state index in [1.165, 1.54) is 21.3 Å². The second-order valence-corrected chi connectivity index (χ2v) is 5.43. The van der Waals surface area contributed by atoms with E-state index in [9.17, 15) is 22.8 Å². The summed E-state index contributed by atoms with van der Waals surface area (Å²) in [5.41, 5.74) is 0.544. The van der Waals surface area contributed by atoms with Crippen LogP contribution >= 0.6 is 0 Å². The minimum absolute atomic E-state index is 0.166. The van der Waals surface area contributed by atoms with Gasteiger partial charge < -0.3 is 24.3 Å². The van der Waals surface area contributed by atoms with Gasteiger partial charge in [0, 0.05) is 6.42 Å². The number of methoxy groups -OCH3 is 3. The van der Waals surface area contributed by atoms with Crippen LogP contribution in [0, 0.1) is 0 Å². The van der Waals surface area contributed by atoms with Crippen LogP contribution in [0.5, 0.6) is 11.5 Å². The average Bonchev–Trinajstić information content (AvgIpc) is 2.63. The second kappa shape index (κ2) is 10.6. The number of halogens is 3. The average molecular weight is 393 g/mol. The Morgan fingerprint density at radius 3 is 2.33 bits per heavy atom. The molecule has 0 saturated heterocycles. The molecule has 0 aliphatic heterocycles. The first-order chi connectivity index (χ1) is 12.7. The molecule has 1 atom stereocenters. The van der Waals surface area contributed by atoms with Gasteiger partial charge in [0.2, 0.25) is 5.91 Å². The molecule has 7 nitrogen and oxygen atoms in total. The van der Waals surface area contributed by atoms with Crippen molar-refractivity contribution in [1.29, 1.82) is 0 Å². The van der Waals surface area contributed by atoms with Crippen LogP contribution in [0.2, 0.25) is 0 Å². The van der Waals surface area contributed by atoms with Crippen LogP contribution in [0.15, 0.2) is 18.2 Å². The summed E-state index contributed by atoms with van der Waals surface area (Å²) in [5, 5.41) is 2.59. The number of benzene rings is 1. The van der Waals surface area contributed by atoms with Gasteiger partial charge in [-0.15, -0.1) is 0 Å². The van der Waals surface area contributed by atoms with E-state index in [4.69, 9.17) is 9.47 Å². The highest BCUT2D eigenvalue weighted by Gasteiger charge is 2.27. The van der Waals surface area contributed by atoms with Gasteiger partial charge in [0.25, 0.3) is 0 Å². The maximum absolute atomic E-state index is 12.0. The molecule has 0 fully saturated rings. The summed E-state index contributed by atoms with van der Waals surface area (Å²) in [7, 11) is 4.11. The minimum Gasteiger partial charge on any atom is -0.493 e. The number of esters is 1. The van der Waals surface area contributed by atoms with Gasteiger partial charge in [-0.25, -0.2) is 0 Å². The van der Waals surface area contributed by atoms with Crippen LogP contribution in [0.1, 0.15) is 24.4 Å². The fourth-order valence-corrected chi connectivity index (χ4v) is 2.19.